The van der Waals surface area contributed by atoms with Gasteiger partial charge in [-0.2, -0.15) is 0 Å². The molecular weight excluding hydrogens is 260 g/mol. The van der Waals surface area contributed by atoms with Crippen molar-refractivity contribution in [1.82, 2.24) is 0 Å². The van der Waals surface area contributed by atoms with Crippen LogP contribution in [0.1, 0.15) is 25.0 Å². The van der Waals surface area contributed by atoms with Gasteiger partial charge in [-0.1, -0.05) is 31.2 Å². The van der Waals surface area contributed by atoms with Crippen molar-refractivity contribution < 1.29 is 4.79 Å². The van der Waals surface area contributed by atoms with Gasteiger partial charge in [0.2, 0.25) is 5.91 Å². The highest BCUT2D eigenvalue weighted by Gasteiger charge is 2.12. The van der Waals surface area contributed by atoms with Crippen molar-refractivity contribution in [3.05, 3.63) is 59.7 Å². The first-order valence-corrected chi connectivity index (χ1v) is 7.31. The van der Waals surface area contributed by atoms with E-state index in [0.29, 0.717) is 0 Å². The molecule has 0 heterocycles. The van der Waals surface area contributed by atoms with E-state index in [-0.39, 0.29) is 11.9 Å². The maximum atomic E-state index is 12.2. The summed E-state index contributed by atoms with van der Waals surface area (Å²) < 4.78 is 0. The summed E-state index contributed by atoms with van der Waals surface area (Å²) in [5.41, 5.74) is 4.22. The first-order valence-electron chi connectivity index (χ1n) is 7.31. The lowest BCUT2D eigenvalue weighted by Crippen LogP contribution is -2.31. The van der Waals surface area contributed by atoms with Crippen LogP contribution in [0.2, 0.25) is 0 Å². The van der Waals surface area contributed by atoms with Crippen molar-refractivity contribution in [3.63, 3.8) is 0 Å². The third-order valence-electron chi connectivity index (χ3n) is 3.42. The zero-order valence-corrected chi connectivity index (χ0v) is 12.8. The van der Waals surface area contributed by atoms with Gasteiger partial charge in [-0.25, -0.2) is 0 Å². The van der Waals surface area contributed by atoms with E-state index < -0.39 is 0 Å². The van der Waals surface area contributed by atoms with E-state index in [1.807, 2.05) is 62.4 Å². The zero-order valence-electron chi connectivity index (χ0n) is 12.8. The number of benzene rings is 2. The molecular formula is C18H22N2O. The Hall–Kier alpha value is -2.29. The fourth-order valence-electron chi connectivity index (χ4n) is 2.12. The van der Waals surface area contributed by atoms with Gasteiger partial charge < -0.3 is 10.6 Å². The summed E-state index contributed by atoms with van der Waals surface area (Å²) in [5, 5.41) is 6.14. The second kappa shape index (κ2) is 6.93. The summed E-state index contributed by atoms with van der Waals surface area (Å²) in [5.74, 6) is -0.0410. The average molecular weight is 282 g/mol. The molecule has 0 aliphatic carbocycles. The molecule has 110 valence electrons. The Labute approximate surface area is 126 Å². The van der Waals surface area contributed by atoms with E-state index >= 15 is 0 Å². The van der Waals surface area contributed by atoms with E-state index in [1.165, 1.54) is 11.1 Å². The number of hydrogen-bond donors (Lipinski definition) is 2. The van der Waals surface area contributed by atoms with Crippen LogP contribution in [0.25, 0.3) is 0 Å². The Bertz CT molecular complexity index is 605. The Morgan fingerprint density at radius 2 is 1.81 bits per heavy atom. The Kier molecular flexibility index (Phi) is 4.99. The molecule has 0 aliphatic rings. The van der Waals surface area contributed by atoms with Crippen molar-refractivity contribution in [3.8, 4) is 0 Å². The van der Waals surface area contributed by atoms with Crippen molar-refractivity contribution in [2.45, 2.75) is 33.2 Å². The lowest BCUT2D eigenvalue weighted by Gasteiger charge is -2.15. The quantitative estimate of drug-likeness (QED) is 0.870. The molecule has 2 aromatic rings. The molecule has 1 amide bonds. The van der Waals surface area contributed by atoms with E-state index in [4.69, 9.17) is 0 Å². The van der Waals surface area contributed by atoms with Crippen LogP contribution < -0.4 is 10.6 Å². The summed E-state index contributed by atoms with van der Waals surface area (Å²) in [6.45, 7) is 6.00. The van der Waals surface area contributed by atoms with Crippen LogP contribution in [0.3, 0.4) is 0 Å². The molecule has 0 aromatic heterocycles. The maximum Gasteiger partial charge on any atom is 0.246 e. The monoisotopic (exact) mass is 282 g/mol. The lowest BCUT2D eigenvalue weighted by molar-refractivity contribution is -0.116. The summed E-state index contributed by atoms with van der Waals surface area (Å²) in [7, 11) is 0. The van der Waals surface area contributed by atoms with Crippen molar-refractivity contribution in [2.24, 2.45) is 0 Å². The van der Waals surface area contributed by atoms with E-state index in [2.05, 4.69) is 17.6 Å². The van der Waals surface area contributed by atoms with Crippen LogP contribution in [-0.2, 0) is 11.2 Å². The number of anilines is 2. The molecule has 1 atom stereocenters. The number of carbonyl (C=O) groups excluding carboxylic acids is 1. The molecule has 2 N–H and O–H groups in total. The highest BCUT2D eigenvalue weighted by Crippen LogP contribution is 2.13. The van der Waals surface area contributed by atoms with E-state index in [9.17, 15) is 4.79 Å². The van der Waals surface area contributed by atoms with Crippen molar-refractivity contribution in [2.75, 3.05) is 10.6 Å². The Morgan fingerprint density at radius 3 is 2.43 bits per heavy atom. The average Bonchev–Trinajstić information content (AvgIpc) is 2.48. The summed E-state index contributed by atoms with van der Waals surface area (Å²) >= 11 is 0. The fraction of sp³-hybridized carbons (Fsp3) is 0.278. The van der Waals surface area contributed by atoms with Gasteiger partial charge in [0.05, 0.1) is 0 Å². The van der Waals surface area contributed by atoms with Gasteiger partial charge in [0, 0.05) is 11.4 Å². The van der Waals surface area contributed by atoms with Gasteiger partial charge in [0.1, 0.15) is 6.04 Å². The van der Waals surface area contributed by atoms with Gasteiger partial charge in [-0.3, -0.25) is 4.79 Å². The normalized spacial score (nSPS) is 11.8. The van der Waals surface area contributed by atoms with E-state index in [0.717, 1.165) is 17.8 Å². The van der Waals surface area contributed by atoms with E-state index in [1.54, 1.807) is 0 Å². The first-order chi connectivity index (χ1) is 10.1. The molecule has 3 nitrogen and oxygen atoms in total. The van der Waals surface area contributed by atoms with Gasteiger partial charge in [-0.15, -0.1) is 0 Å². The largest absolute Gasteiger partial charge is 0.374 e. The Balaban J connectivity index is 1.95. The molecule has 2 aromatic carbocycles. The third-order valence-corrected chi connectivity index (χ3v) is 3.42. The summed E-state index contributed by atoms with van der Waals surface area (Å²) in [6.07, 6.45) is 1.000. The second-order valence-electron chi connectivity index (χ2n) is 5.28. The molecule has 0 spiro atoms. The molecule has 1 unspecified atom stereocenters. The number of amides is 1. The van der Waals surface area contributed by atoms with Crippen LogP contribution in [0, 0.1) is 6.92 Å². The SMILES string of the molecule is CCc1ccc(NC(=O)C(C)Nc2cccc(C)c2)cc1. The zero-order chi connectivity index (χ0) is 15.2. The minimum absolute atomic E-state index is 0.0410. The van der Waals surface area contributed by atoms with Crippen LogP contribution in [-0.4, -0.2) is 11.9 Å². The standard InChI is InChI=1S/C18H22N2O/c1-4-15-8-10-16(11-9-15)20-18(21)14(3)19-17-7-5-6-13(2)12-17/h5-12,14,19H,4H2,1-3H3,(H,20,21). The fourth-order valence-corrected chi connectivity index (χ4v) is 2.12. The molecule has 0 fully saturated rings. The Morgan fingerprint density at radius 1 is 1.10 bits per heavy atom. The highest BCUT2D eigenvalue weighted by molar-refractivity contribution is 5.96. The van der Waals surface area contributed by atoms with Crippen LogP contribution in [0.4, 0.5) is 11.4 Å². The van der Waals surface area contributed by atoms with Crippen LogP contribution in [0.15, 0.2) is 48.5 Å². The predicted octanol–water partition coefficient (Wildman–Crippen LogP) is 4.00. The van der Waals surface area contributed by atoms with Crippen molar-refractivity contribution >= 4 is 17.3 Å². The number of aryl methyl sites for hydroxylation is 2. The molecule has 0 aliphatic heterocycles. The second-order valence-corrected chi connectivity index (χ2v) is 5.28. The predicted molar refractivity (Wildman–Crippen MR) is 88.7 cm³/mol. The summed E-state index contributed by atoms with van der Waals surface area (Å²) in [6, 6.07) is 15.7. The lowest BCUT2D eigenvalue weighted by atomic mass is 10.1. The highest BCUT2D eigenvalue weighted by atomic mass is 16.2. The van der Waals surface area contributed by atoms with Gasteiger partial charge >= 0.3 is 0 Å². The molecule has 0 bridgehead atoms. The smallest absolute Gasteiger partial charge is 0.246 e. The number of nitrogens with one attached hydrogen (secondary N) is 2. The van der Waals surface area contributed by atoms with Gasteiger partial charge in [0.25, 0.3) is 0 Å². The maximum absolute atomic E-state index is 12.2. The van der Waals surface area contributed by atoms with Gasteiger partial charge in [-0.05, 0) is 55.7 Å². The molecule has 3 heteroatoms. The van der Waals surface area contributed by atoms with Crippen molar-refractivity contribution in [1.29, 1.82) is 0 Å². The number of hydrogen-bond acceptors (Lipinski definition) is 2. The molecule has 21 heavy (non-hydrogen) atoms. The minimum atomic E-state index is -0.294. The third kappa shape index (κ3) is 4.35. The van der Waals surface area contributed by atoms with Gasteiger partial charge in [0.15, 0.2) is 0 Å². The minimum Gasteiger partial charge on any atom is -0.374 e. The summed E-state index contributed by atoms with van der Waals surface area (Å²) in [4.78, 5) is 12.2. The van der Waals surface area contributed by atoms with Crippen LogP contribution >= 0.6 is 0 Å². The first kappa shape index (κ1) is 15.1. The number of carbonyl (C=O) groups is 1. The topological polar surface area (TPSA) is 41.1 Å². The molecule has 2 rings (SSSR count). The number of rotatable bonds is 5. The molecule has 0 saturated heterocycles. The van der Waals surface area contributed by atoms with Crippen LogP contribution in [0.5, 0.6) is 0 Å². The molecule has 0 radical (unpaired) electrons. The molecule has 0 saturated carbocycles.